The standard InChI is InChI=1S/C39H34NO3P/c1-41-37-29-33(39(30-18-8-3-9-19-30,31-20-10-4-11-21-31)32-22-12-5-13-23-32)28-36-38(37)43-44(40-36,42-2,34-24-14-6-15-25-34)35-26-16-7-17-27-35/h3-29,40H,1-2H3. The Labute approximate surface area is 259 Å². The first-order valence-electron chi connectivity index (χ1n) is 14.7. The maximum absolute atomic E-state index is 7.18. The average molecular weight is 596 g/mol. The molecule has 0 aromatic heterocycles. The number of hydrogen-bond donors (Lipinski definition) is 1. The van der Waals surface area contributed by atoms with Gasteiger partial charge in [0.2, 0.25) is 0 Å². The quantitative estimate of drug-likeness (QED) is 0.142. The van der Waals surface area contributed by atoms with E-state index in [-0.39, 0.29) is 0 Å². The molecule has 7 rings (SSSR count). The van der Waals surface area contributed by atoms with Crippen molar-refractivity contribution in [2.24, 2.45) is 0 Å². The summed E-state index contributed by atoms with van der Waals surface area (Å²) in [6.07, 6.45) is 0. The van der Waals surface area contributed by atoms with Gasteiger partial charge in [-0.05, 0) is 0 Å². The van der Waals surface area contributed by atoms with Crippen molar-refractivity contribution in [1.29, 1.82) is 0 Å². The zero-order valence-electron chi connectivity index (χ0n) is 24.8. The van der Waals surface area contributed by atoms with E-state index >= 15 is 0 Å². The first-order chi connectivity index (χ1) is 21.6. The molecule has 4 nitrogen and oxygen atoms in total. The molecule has 0 saturated heterocycles. The second kappa shape index (κ2) is 11.0. The van der Waals surface area contributed by atoms with Gasteiger partial charge in [0, 0.05) is 0 Å². The van der Waals surface area contributed by atoms with Gasteiger partial charge in [0.05, 0.1) is 0 Å². The van der Waals surface area contributed by atoms with Crippen LogP contribution in [0.25, 0.3) is 0 Å². The molecule has 44 heavy (non-hydrogen) atoms. The molecular formula is C39H34NO3P. The van der Waals surface area contributed by atoms with Gasteiger partial charge in [0.1, 0.15) is 0 Å². The van der Waals surface area contributed by atoms with Crippen LogP contribution in [0.3, 0.4) is 0 Å². The van der Waals surface area contributed by atoms with Crippen LogP contribution in [0.1, 0.15) is 22.3 Å². The molecule has 0 radical (unpaired) electrons. The van der Waals surface area contributed by atoms with Gasteiger partial charge in [-0.3, -0.25) is 0 Å². The monoisotopic (exact) mass is 595 g/mol. The summed E-state index contributed by atoms with van der Waals surface area (Å²) >= 11 is 0. The van der Waals surface area contributed by atoms with Gasteiger partial charge < -0.3 is 0 Å². The number of fused-ring (bicyclic) bond motifs is 1. The van der Waals surface area contributed by atoms with Gasteiger partial charge >= 0.3 is 260 Å². The van der Waals surface area contributed by atoms with Gasteiger partial charge in [0.15, 0.2) is 0 Å². The first-order valence-corrected chi connectivity index (χ1v) is 16.8. The van der Waals surface area contributed by atoms with E-state index in [9.17, 15) is 0 Å². The van der Waals surface area contributed by atoms with E-state index in [1.807, 2.05) is 36.4 Å². The Balaban J connectivity index is 1.55. The maximum atomic E-state index is 7.18. The summed E-state index contributed by atoms with van der Waals surface area (Å²) in [6, 6.07) is 56.7. The van der Waals surface area contributed by atoms with Crippen molar-refractivity contribution in [2.75, 3.05) is 19.3 Å². The molecule has 5 heteroatoms. The molecule has 0 saturated carbocycles. The van der Waals surface area contributed by atoms with E-state index in [0.717, 1.165) is 38.6 Å². The van der Waals surface area contributed by atoms with Crippen LogP contribution in [-0.4, -0.2) is 14.2 Å². The van der Waals surface area contributed by atoms with Crippen LogP contribution in [-0.2, 0) is 9.94 Å². The predicted octanol–water partition coefficient (Wildman–Crippen LogP) is 8.48. The molecule has 0 amide bonds. The van der Waals surface area contributed by atoms with Crippen molar-refractivity contribution in [3.63, 3.8) is 0 Å². The molecule has 0 bridgehead atoms. The Kier molecular flexibility index (Phi) is 6.97. The van der Waals surface area contributed by atoms with E-state index in [1.54, 1.807) is 14.2 Å². The number of benzene rings is 6. The van der Waals surface area contributed by atoms with E-state index < -0.39 is 12.6 Å². The summed E-state index contributed by atoms with van der Waals surface area (Å²) < 4.78 is 20.0. The molecule has 0 atom stereocenters. The third-order valence-corrected chi connectivity index (χ3v) is 13.1. The molecule has 6 aromatic carbocycles. The minimum absolute atomic E-state index is 0.631. The third-order valence-electron chi connectivity index (χ3n) is 8.72. The van der Waals surface area contributed by atoms with Gasteiger partial charge in [-0.2, -0.15) is 0 Å². The normalized spacial score (nSPS) is 15.5. The number of nitrogens with one attached hydrogen (secondary N) is 1. The van der Waals surface area contributed by atoms with Crippen LogP contribution in [0, 0.1) is 0 Å². The van der Waals surface area contributed by atoms with Crippen LogP contribution < -0.4 is 25.0 Å². The Morgan fingerprint density at radius 2 is 0.932 bits per heavy atom. The second-order valence-corrected chi connectivity index (χ2v) is 14.6. The van der Waals surface area contributed by atoms with Gasteiger partial charge in [-0.25, -0.2) is 0 Å². The molecular weight excluding hydrogens is 561 g/mol. The number of hydrogen-bond acceptors (Lipinski definition) is 4. The van der Waals surface area contributed by atoms with Crippen molar-refractivity contribution in [3.8, 4) is 11.5 Å². The predicted molar refractivity (Wildman–Crippen MR) is 182 cm³/mol. The summed E-state index contributed by atoms with van der Waals surface area (Å²) in [6.45, 7) is 0. The minimum atomic E-state index is -3.93. The SMILES string of the molecule is COc1cc(C(c2ccccc2)(c2ccccc2)c2ccccc2)cc2c1OP(OC)(c1ccccc1)(c1ccccc1)N2. The zero-order valence-corrected chi connectivity index (χ0v) is 25.7. The number of anilines is 1. The van der Waals surface area contributed by atoms with Crippen LogP contribution in [0.15, 0.2) is 164 Å². The van der Waals surface area contributed by atoms with Crippen molar-refractivity contribution in [1.82, 2.24) is 0 Å². The van der Waals surface area contributed by atoms with E-state index in [4.69, 9.17) is 13.8 Å². The van der Waals surface area contributed by atoms with Crippen LogP contribution in [0.5, 0.6) is 11.5 Å². The van der Waals surface area contributed by atoms with Gasteiger partial charge in [-0.1, -0.05) is 0 Å². The molecule has 0 unspecified atom stereocenters. The Morgan fingerprint density at radius 1 is 0.523 bits per heavy atom. The molecule has 6 aromatic rings. The number of rotatable bonds is 8. The molecule has 0 aliphatic carbocycles. The Morgan fingerprint density at radius 3 is 1.32 bits per heavy atom. The van der Waals surface area contributed by atoms with Crippen molar-refractivity contribution >= 4 is 23.5 Å². The van der Waals surface area contributed by atoms with Crippen molar-refractivity contribution in [2.45, 2.75) is 5.41 Å². The van der Waals surface area contributed by atoms with Crippen LogP contribution in [0.2, 0.25) is 0 Å². The molecule has 1 aliphatic heterocycles. The third kappa shape index (κ3) is 4.06. The topological polar surface area (TPSA) is 39.7 Å². The van der Waals surface area contributed by atoms with E-state index in [1.165, 1.54) is 0 Å². The molecule has 1 heterocycles. The molecule has 1 N–H and O–H groups in total. The summed E-state index contributed by atoms with van der Waals surface area (Å²) in [5.74, 6) is 1.26. The van der Waals surface area contributed by atoms with Crippen molar-refractivity contribution in [3.05, 3.63) is 186 Å². The second-order valence-electron chi connectivity index (χ2n) is 10.9. The fourth-order valence-corrected chi connectivity index (χ4v) is 10.7. The Hall–Kier alpha value is -4.89. The zero-order chi connectivity index (χ0) is 30.1. The number of methoxy groups -OCH3 is 1. The van der Waals surface area contributed by atoms with E-state index in [0.29, 0.717) is 11.5 Å². The molecule has 0 fully saturated rings. The summed E-state index contributed by atoms with van der Waals surface area (Å²) in [5, 5.41) is 5.77. The van der Waals surface area contributed by atoms with Crippen LogP contribution >= 0.6 is 7.21 Å². The van der Waals surface area contributed by atoms with E-state index in [2.05, 4.69) is 132 Å². The molecule has 218 valence electrons. The van der Waals surface area contributed by atoms with Gasteiger partial charge in [-0.15, -0.1) is 0 Å². The summed E-state index contributed by atoms with van der Waals surface area (Å²) in [7, 11) is -0.503. The van der Waals surface area contributed by atoms with Gasteiger partial charge in [0.25, 0.3) is 0 Å². The van der Waals surface area contributed by atoms with Crippen molar-refractivity contribution < 1.29 is 13.8 Å². The summed E-state index contributed by atoms with van der Waals surface area (Å²) in [5.41, 5.74) is 4.65. The molecule has 0 spiro atoms. The average Bonchev–Trinajstić information content (AvgIpc) is 3.48. The first kappa shape index (κ1) is 27.9. The summed E-state index contributed by atoms with van der Waals surface area (Å²) in [4.78, 5) is 0. The fraction of sp³-hybridized carbons (Fsp3) is 0.0769. The number of ether oxygens (including phenoxy) is 1. The Bertz CT molecular complexity index is 1750. The van der Waals surface area contributed by atoms with Crippen LogP contribution in [0.4, 0.5) is 5.69 Å². The molecule has 1 aliphatic rings. The fourth-order valence-electron chi connectivity index (χ4n) is 6.70.